The molecule has 1 aromatic heterocycles. The third kappa shape index (κ3) is 3.66. The summed E-state index contributed by atoms with van der Waals surface area (Å²) in [5.41, 5.74) is 2.58. The Kier molecular flexibility index (Phi) is 5.39. The molecular weight excluding hydrogens is 362 g/mol. The van der Waals surface area contributed by atoms with E-state index in [1.54, 1.807) is 29.4 Å². The first-order valence-electron chi connectivity index (χ1n) is 10.5. The SMILES string of the molecule is Cc1ccccc1N(C)C(=O)C1CN(C(=O)c2ccncc2)CC12CCCCC2. The van der Waals surface area contributed by atoms with Gasteiger partial charge in [-0.05, 0) is 43.5 Å². The van der Waals surface area contributed by atoms with E-state index in [4.69, 9.17) is 0 Å². The van der Waals surface area contributed by atoms with Gasteiger partial charge in [0.1, 0.15) is 0 Å². The summed E-state index contributed by atoms with van der Waals surface area (Å²) in [5, 5.41) is 0. The Morgan fingerprint density at radius 2 is 1.76 bits per heavy atom. The van der Waals surface area contributed by atoms with Gasteiger partial charge >= 0.3 is 0 Å². The number of hydrogen-bond donors (Lipinski definition) is 0. The number of pyridine rings is 1. The summed E-state index contributed by atoms with van der Waals surface area (Å²) in [7, 11) is 1.87. The van der Waals surface area contributed by atoms with Crippen LogP contribution in [0, 0.1) is 18.3 Å². The zero-order valence-corrected chi connectivity index (χ0v) is 17.3. The van der Waals surface area contributed by atoms with Gasteiger partial charge in [-0.25, -0.2) is 0 Å². The molecule has 29 heavy (non-hydrogen) atoms. The maximum Gasteiger partial charge on any atom is 0.254 e. The average Bonchev–Trinajstić information content (AvgIpc) is 3.12. The molecule has 0 N–H and O–H groups in total. The molecule has 2 fully saturated rings. The third-order valence-corrected chi connectivity index (χ3v) is 6.82. The molecule has 2 heterocycles. The highest BCUT2D eigenvalue weighted by Gasteiger charge is 2.52. The number of para-hydroxylation sites is 1. The Balaban J connectivity index is 1.62. The lowest BCUT2D eigenvalue weighted by molar-refractivity contribution is -0.125. The Morgan fingerprint density at radius 3 is 2.45 bits per heavy atom. The molecule has 1 aromatic carbocycles. The first kappa shape index (κ1) is 19.6. The van der Waals surface area contributed by atoms with Gasteiger partial charge in [0.05, 0.1) is 5.92 Å². The summed E-state index contributed by atoms with van der Waals surface area (Å²) in [6, 6.07) is 11.5. The smallest absolute Gasteiger partial charge is 0.254 e. The van der Waals surface area contributed by atoms with Crippen molar-refractivity contribution in [3.63, 3.8) is 0 Å². The van der Waals surface area contributed by atoms with Gasteiger partial charge in [-0.3, -0.25) is 14.6 Å². The number of carbonyl (C=O) groups is 2. The Morgan fingerprint density at radius 1 is 1.07 bits per heavy atom. The molecule has 2 amide bonds. The molecule has 1 saturated heterocycles. The number of anilines is 1. The molecular formula is C24H29N3O2. The highest BCUT2D eigenvalue weighted by Crippen LogP contribution is 2.48. The topological polar surface area (TPSA) is 53.5 Å². The molecule has 2 aliphatic rings. The zero-order chi connectivity index (χ0) is 20.4. The minimum absolute atomic E-state index is 0.00573. The highest BCUT2D eigenvalue weighted by atomic mass is 16.2. The van der Waals surface area contributed by atoms with Crippen molar-refractivity contribution in [3.8, 4) is 0 Å². The van der Waals surface area contributed by atoms with E-state index in [-0.39, 0.29) is 23.1 Å². The standard InChI is InChI=1S/C24H29N3O2/c1-18-8-4-5-9-21(18)26(2)23(29)20-16-27(17-24(20)12-6-3-7-13-24)22(28)19-10-14-25-15-11-19/h4-5,8-11,14-15,20H,3,6-7,12-13,16-17H2,1-2H3. The molecule has 1 saturated carbocycles. The number of carbonyl (C=O) groups excluding carboxylic acids is 2. The number of aromatic nitrogens is 1. The Bertz CT molecular complexity index is 890. The van der Waals surface area contributed by atoms with Crippen molar-refractivity contribution in [2.75, 3.05) is 25.0 Å². The van der Waals surface area contributed by atoms with Gasteiger partial charge in [-0.1, -0.05) is 37.5 Å². The second-order valence-corrected chi connectivity index (χ2v) is 8.58. The number of likely N-dealkylation sites (tertiary alicyclic amines) is 1. The predicted molar refractivity (Wildman–Crippen MR) is 114 cm³/mol. The van der Waals surface area contributed by atoms with Crippen LogP contribution in [-0.4, -0.2) is 41.8 Å². The first-order chi connectivity index (χ1) is 14.0. The number of aryl methyl sites for hydroxylation is 1. The molecule has 1 unspecified atom stereocenters. The van der Waals surface area contributed by atoms with Crippen molar-refractivity contribution in [2.24, 2.45) is 11.3 Å². The molecule has 5 heteroatoms. The summed E-state index contributed by atoms with van der Waals surface area (Å²) in [5.74, 6) is -0.0179. The van der Waals surface area contributed by atoms with Crippen LogP contribution < -0.4 is 4.90 Å². The summed E-state index contributed by atoms with van der Waals surface area (Å²) >= 11 is 0. The minimum Gasteiger partial charge on any atom is -0.337 e. The van der Waals surface area contributed by atoms with Gasteiger partial charge in [0.2, 0.25) is 5.91 Å². The fourth-order valence-corrected chi connectivity index (χ4v) is 5.20. The van der Waals surface area contributed by atoms with E-state index in [1.165, 1.54) is 6.42 Å². The minimum atomic E-state index is -0.154. The van der Waals surface area contributed by atoms with Gasteiger partial charge in [0.15, 0.2) is 0 Å². The predicted octanol–water partition coefficient (Wildman–Crippen LogP) is 4.08. The maximum absolute atomic E-state index is 13.7. The van der Waals surface area contributed by atoms with Crippen LogP contribution in [0.2, 0.25) is 0 Å². The van der Waals surface area contributed by atoms with E-state index in [2.05, 4.69) is 4.98 Å². The second-order valence-electron chi connectivity index (χ2n) is 8.58. The fourth-order valence-electron chi connectivity index (χ4n) is 5.20. The van der Waals surface area contributed by atoms with Crippen LogP contribution >= 0.6 is 0 Å². The second kappa shape index (κ2) is 7.97. The molecule has 2 aromatic rings. The van der Waals surface area contributed by atoms with Crippen molar-refractivity contribution in [1.82, 2.24) is 9.88 Å². The lowest BCUT2D eigenvalue weighted by Crippen LogP contribution is -2.43. The summed E-state index contributed by atoms with van der Waals surface area (Å²) < 4.78 is 0. The molecule has 1 spiro atoms. The van der Waals surface area contributed by atoms with Crippen LogP contribution in [0.25, 0.3) is 0 Å². The fraction of sp³-hybridized carbons (Fsp3) is 0.458. The molecule has 1 aliphatic heterocycles. The molecule has 152 valence electrons. The van der Waals surface area contributed by atoms with Crippen molar-refractivity contribution < 1.29 is 9.59 Å². The van der Waals surface area contributed by atoms with E-state index < -0.39 is 0 Å². The van der Waals surface area contributed by atoms with E-state index >= 15 is 0 Å². The molecule has 0 bridgehead atoms. The number of nitrogens with zero attached hydrogens (tertiary/aromatic N) is 3. The van der Waals surface area contributed by atoms with Crippen molar-refractivity contribution in [3.05, 3.63) is 59.9 Å². The monoisotopic (exact) mass is 391 g/mol. The largest absolute Gasteiger partial charge is 0.337 e. The Hall–Kier alpha value is -2.69. The average molecular weight is 392 g/mol. The van der Waals surface area contributed by atoms with E-state index in [0.29, 0.717) is 18.7 Å². The number of benzene rings is 1. The van der Waals surface area contributed by atoms with E-state index in [0.717, 1.165) is 36.9 Å². The van der Waals surface area contributed by atoms with Gasteiger partial charge in [0.25, 0.3) is 5.91 Å². The third-order valence-electron chi connectivity index (χ3n) is 6.82. The van der Waals surface area contributed by atoms with Crippen LogP contribution in [0.3, 0.4) is 0 Å². The normalized spacial score (nSPS) is 20.6. The number of hydrogen-bond acceptors (Lipinski definition) is 3. The van der Waals surface area contributed by atoms with Crippen LogP contribution in [-0.2, 0) is 4.79 Å². The molecule has 4 rings (SSSR count). The lowest BCUT2D eigenvalue weighted by Gasteiger charge is -2.38. The lowest BCUT2D eigenvalue weighted by atomic mass is 9.67. The first-order valence-corrected chi connectivity index (χ1v) is 10.5. The van der Waals surface area contributed by atoms with Crippen molar-refractivity contribution >= 4 is 17.5 Å². The van der Waals surface area contributed by atoms with Crippen LogP contribution in [0.4, 0.5) is 5.69 Å². The maximum atomic E-state index is 13.7. The molecule has 0 radical (unpaired) electrons. The number of rotatable bonds is 3. The number of amides is 2. The van der Waals surface area contributed by atoms with E-state index in [9.17, 15) is 9.59 Å². The van der Waals surface area contributed by atoms with Crippen LogP contribution in [0.15, 0.2) is 48.8 Å². The summed E-state index contributed by atoms with van der Waals surface area (Å²) in [6.07, 6.45) is 8.82. The quantitative estimate of drug-likeness (QED) is 0.792. The summed E-state index contributed by atoms with van der Waals surface area (Å²) in [6.45, 7) is 3.20. The summed E-state index contributed by atoms with van der Waals surface area (Å²) in [4.78, 5) is 34.5. The van der Waals surface area contributed by atoms with Crippen LogP contribution in [0.5, 0.6) is 0 Å². The Labute approximate surface area is 172 Å². The molecule has 1 aliphatic carbocycles. The van der Waals surface area contributed by atoms with E-state index in [1.807, 2.05) is 43.1 Å². The molecule has 1 atom stereocenters. The zero-order valence-electron chi connectivity index (χ0n) is 17.3. The van der Waals surface area contributed by atoms with Gasteiger partial charge < -0.3 is 9.80 Å². The molecule has 5 nitrogen and oxygen atoms in total. The van der Waals surface area contributed by atoms with Crippen LogP contribution in [0.1, 0.15) is 48.0 Å². The van der Waals surface area contributed by atoms with Gasteiger partial charge in [-0.15, -0.1) is 0 Å². The highest BCUT2D eigenvalue weighted by molar-refractivity contribution is 5.98. The van der Waals surface area contributed by atoms with Gasteiger partial charge in [-0.2, -0.15) is 0 Å². The van der Waals surface area contributed by atoms with Gasteiger partial charge in [0, 0.05) is 49.2 Å². The van der Waals surface area contributed by atoms with Crippen molar-refractivity contribution in [1.29, 1.82) is 0 Å². The van der Waals surface area contributed by atoms with Crippen molar-refractivity contribution in [2.45, 2.75) is 39.0 Å².